The van der Waals surface area contributed by atoms with Gasteiger partial charge in [-0.2, -0.15) is 0 Å². The van der Waals surface area contributed by atoms with Gasteiger partial charge in [0.15, 0.2) is 0 Å². The summed E-state index contributed by atoms with van der Waals surface area (Å²) in [4.78, 5) is 39.1. The van der Waals surface area contributed by atoms with E-state index in [1.54, 1.807) is 42.5 Å². The van der Waals surface area contributed by atoms with Crippen LogP contribution in [0.25, 0.3) is 0 Å². The average molecular weight is 419 g/mol. The summed E-state index contributed by atoms with van der Waals surface area (Å²) < 4.78 is 0. The molecule has 3 aromatic carbocycles. The molecule has 0 fully saturated rings. The van der Waals surface area contributed by atoms with E-state index in [9.17, 15) is 14.4 Å². The highest BCUT2D eigenvalue weighted by molar-refractivity contribution is 6.31. The maximum absolute atomic E-state index is 12.6. The summed E-state index contributed by atoms with van der Waals surface area (Å²) in [5.74, 6) is -1.19. The van der Waals surface area contributed by atoms with Crippen LogP contribution in [-0.4, -0.2) is 22.6 Å². The number of amides is 3. The minimum Gasteiger partial charge on any atom is -0.326 e. The van der Waals surface area contributed by atoms with Crippen LogP contribution in [0.15, 0.2) is 72.8 Å². The van der Waals surface area contributed by atoms with Crippen LogP contribution in [-0.2, 0) is 11.3 Å². The molecular formula is C24H19ClN2O3. The number of benzene rings is 3. The summed E-state index contributed by atoms with van der Waals surface area (Å²) in [5, 5.41) is 3.30. The number of imide groups is 1. The van der Waals surface area contributed by atoms with Gasteiger partial charge in [0.2, 0.25) is 5.91 Å². The van der Waals surface area contributed by atoms with Crippen molar-refractivity contribution in [3.63, 3.8) is 0 Å². The van der Waals surface area contributed by atoms with Gasteiger partial charge in [-0.05, 0) is 48.4 Å². The maximum Gasteiger partial charge on any atom is 0.261 e. The summed E-state index contributed by atoms with van der Waals surface area (Å²) in [6, 6.07) is 21.3. The topological polar surface area (TPSA) is 66.5 Å². The molecule has 0 unspecified atom stereocenters. The van der Waals surface area contributed by atoms with E-state index in [-0.39, 0.29) is 30.2 Å². The highest BCUT2D eigenvalue weighted by Gasteiger charge is 2.35. The van der Waals surface area contributed by atoms with Crippen molar-refractivity contribution in [1.82, 2.24) is 4.90 Å². The van der Waals surface area contributed by atoms with Gasteiger partial charge in [-0.15, -0.1) is 0 Å². The lowest BCUT2D eigenvalue weighted by Crippen LogP contribution is -2.29. The number of rotatable bonds is 5. The van der Waals surface area contributed by atoms with E-state index < -0.39 is 0 Å². The second-order valence-electron chi connectivity index (χ2n) is 7.17. The van der Waals surface area contributed by atoms with Crippen molar-refractivity contribution in [2.45, 2.75) is 19.4 Å². The van der Waals surface area contributed by atoms with E-state index >= 15 is 0 Å². The van der Waals surface area contributed by atoms with Gasteiger partial charge < -0.3 is 5.32 Å². The molecule has 1 aliphatic heterocycles. The summed E-state index contributed by atoms with van der Waals surface area (Å²) in [6.07, 6.45) is 0. The van der Waals surface area contributed by atoms with E-state index in [1.165, 1.54) is 4.90 Å². The van der Waals surface area contributed by atoms with Gasteiger partial charge in [0.1, 0.15) is 0 Å². The fourth-order valence-electron chi connectivity index (χ4n) is 3.47. The Labute approximate surface area is 179 Å². The molecule has 0 aliphatic carbocycles. The molecule has 1 N–H and O–H groups in total. The van der Waals surface area contributed by atoms with Gasteiger partial charge >= 0.3 is 0 Å². The van der Waals surface area contributed by atoms with Crippen molar-refractivity contribution in [2.75, 3.05) is 5.32 Å². The van der Waals surface area contributed by atoms with E-state index in [1.807, 2.05) is 37.3 Å². The SMILES string of the molecule is C[C@H](C(=O)Nc1ccc(Cl)c(CN2C(=O)c3ccccc3C2=O)c1)c1ccccc1. The zero-order chi connectivity index (χ0) is 21.3. The molecule has 0 saturated heterocycles. The number of hydrogen-bond donors (Lipinski definition) is 1. The third kappa shape index (κ3) is 3.72. The number of fused-ring (bicyclic) bond motifs is 1. The van der Waals surface area contributed by atoms with Crippen LogP contribution in [0.4, 0.5) is 5.69 Å². The molecule has 1 heterocycles. The summed E-state index contributed by atoms with van der Waals surface area (Å²) in [5.41, 5.74) is 2.82. The lowest BCUT2D eigenvalue weighted by Gasteiger charge is -2.17. The van der Waals surface area contributed by atoms with Crippen LogP contribution >= 0.6 is 11.6 Å². The number of anilines is 1. The monoisotopic (exact) mass is 418 g/mol. The molecule has 1 atom stereocenters. The predicted octanol–water partition coefficient (Wildman–Crippen LogP) is 4.88. The first-order chi connectivity index (χ1) is 14.5. The molecule has 1 aliphatic rings. The minimum atomic E-state index is -0.348. The standard InChI is InChI=1S/C24H19ClN2O3/c1-15(16-7-3-2-4-8-16)22(28)26-18-11-12-21(25)17(13-18)14-27-23(29)19-9-5-6-10-20(19)24(27)30/h2-13,15H,14H2,1H3,(H,26,28)/t15-/m0/s1. The number of carbonyl (C=O) groups excluding carboxylic acids is 3. The number of hydrogen-bond acceptors (Lipinski definition) is 3. The Bertz CT molecular complexity index is 1110. The number of carbonyl (C=O) groups is 3. The molecule has 0 radical (unpaired) electrons. The Hall–Kier alpha value is -3.44. The quantitative estimate of drug-likeness (QED) is 0.600. The van der Waals surface area contributed by atoms with E-state index in [0.717, 1.165) is 5.56 Å². The van der Waals surface area contributed by atoms with Gasteiger partial charge in [0.05, 0.1) is 23.6 Å². The average Bonchev–Trinajstić information content (AvgIpc) is 3.01. The van der Waals surface area contributed by atoms with Crippen molar-refractivity contribution in [2.24, 2.45) is 0 Å². The summed E-state index contributed by atoms with van der Waals surface area (Å²) in [6.45, 7) is 1.86. The highest BCUT2D eigenvalue weighted by atomic mass is 35.5. The predicted molar refractivity (Wildman–Crippen MR) is 116 cm³/mol. The molecule has 3 amide bonds. The number of halogens is 1. The molecule has 0 saturated carbocycles. The number of nitrogens with one attached hydrogen (secondary N) is 1. The van der Waals surface area contributed by atoms with Crippen molar-refractivity contribution < 1.29 is 14.4 Å². The van der Waals surface area contributed by atoms with E-state index in [2.05, 4.69) is 5.32 Å². The lowest BCUT2D eigenvalue weighted by molar-refractivity contribution is -0.117. The lowest BCUT2D eigenvalue weighted by atomic mass is 10.0. The van der Waals surface area contributed by atoms with Crippen molar-refractivity contribution in [3.05, 3.63) is 100 Å². The van der Waals surface area contributed by atoms with Crippen molar-refractivity contribution in [3.8, 4) is 0 Å². The first kappa shape index (κ1) is 19.9. The van der Waals surface area contributed by atoms with Gasteiger partial charge in [-0.1, -0.05) is 54.1 Å². The summed E-state index contributed by atoms with van der Waals surface area (Å²) in [7, 11) is 0. The highest BCUT2D eigenvalue weighted by Crippen LogP contribution is 2.28. The Balaban J connectivity index is 1.52. The molecule has 150 valence electrons. The largest absolute Gasteiger partial charge is 0.326 e. The van der Waals surface area contributed by atoms with Gasteiger partial charge in [-0.25, -0.2) is 0 Å². The zero-order valence-corrected chi connectivity index (χ0v) is 17.0. The normalized spacial score (nSPS) is 13.9. The van der Waals surface area contributed by atoms with E-state index in [0.29, 0.717) is 27.4 Å². The first-order valence-corrected chi connectivity index (χ1v) is 9.93. The molecular weight excluding hydrogens is 400 g/mol. The molecule has 5 nitrogen and oxygen atoms in total. The van der Waals surface area contributed by atoms with Crippen molar-refractivity contribution in [1.29, 1.82) is 0 Å². The van der Waals surface area contributed by atoms with Gasteiger partial charge in [0, 0.05) is 10.7 Å². The fourth-order valence-corrected chi connectivity index (χ4v) is 3.65. The van der Waals surface area contributed by atoms with Crippen LogP contribution in [0.2, 0.25) is 5.02 Å². The van der Waals surface area contributed by atoms with Crippen LogP contribution in [0, 0.1) is 0 Å². The molecule has 0 aromatic heterocycles. The van der Waals surface area contributed by atoms with Crippen LogP contribution < -0.4 is 5.32 Å². The fraction of sp³-hybridized carbons (Fsp3) is 0.125. The first-order valence-electron chi connectivity index (χ1n) is 9.55. The Morgan fingerprint density at radius 3 is 2.17 bits per heavy atom. The van der Waals surface area contributed by atoms with Gasteiger partial charge in [-0.3, -0.25) is 19.3 Å². The van der Waals surface area contributed by atoms with E-state index in [4.69, 9.17) is 11.6 Å². The second-order valence-corrected chi connectivity index (χ2v) is 7.58. The third-order valence-corrected chi connectivity index (χ3v) is 5.58. The molecule has 3 aromatic rings. The smallest absolute Gasteiger partial charge is 0.261 e. The Morgan fingerprint density at radius 2 is 1.53 bits per heavy atom. The van der Waals surface area contributed by atoms with Crippen molar-refractivity contribution >= 4 is 35.0 Å². The molecule has 4 rings (SSSR count). The number of nitrogens with zero attached hydrogens (tertiary/aromatic N) is 1. The Kier molecular flexibility index (Phi) is 5.38. The molecule has 6 heteroatoms. The Morgan fingerprint density at radius 1 is 0.933 bits per heavy atom. The zero-order valence-electron chi connectivity index (χ0n) is 16.3. The maximum atomic E-state index is 12.6. The molecule has 30 heavy (non-hydrogen) atoms. The van der Waals surface area contributed by atoms with Crippen LogP contribution in [0.5, 0.6) is 0 Å². The van der Waals surface area contributed by atoms with Crippen LogP contribution in [0.3, 0.4) is 0 Å². The molecule has 0 spiro atoms. The molecule has 0 bridgehead atoms. The summed E-state index contributed by atoms with van der Waals surface area (Å²) >= 11 is 6.31. The van der Waals surface area contributed by atoms with Gasteiger partial charge in [0.25, 0.3) is 11.8 Å². The third-order valence-electron chi connectivity index (χ3n) is 5.21. The minimum absolute atomic E-state index is 0.0309. The van der Waals surface area contributed by atoms with Crippen LogP contribution in [0.1, 0.15) is 44.7 Å². The second kappa shape index (κ2) is 8.13.